The average Bonchev–Trinajstić information content (AvgIpc) is 2.05. The van der Waals surface area contributed by atoms with E-state index in [4.69, 9.17) is 12.2 Å². The van der Waals surface area contributed by atoms with Crippen LogP contribution in [-0.4, -0.2) is 17.4 Å². The summed E-state index contributed by atoms with van der Waals surface area (Å²) < 4.78 is 0. The van der Waals surface area contributed by atoms with E-state index in [2.05, 4.69) is 5.92 Å². The Kier molecular flexibility index (Phi) is 2.54. The molecule has 0 aliphatic carbocycles. The molecule has 1 rings (SSSR count). The van der Waals surface area contributed by atoms with Crippen LogP contribution in [0.5, 0.6) is 0 Å². The van der Waals surface area contributed by atoms with Crippen molar-refractivity contribution in [3.63, 3.8) is 0 Å². The van der Waals surface area contributed by atoms with Crippen molar-refractivity contribution in [1.82, 2.24) is 4.90 Å². The zero-order valence-electron chi connectivity index (χ0n) is 6.66. The summed E-state index contributed by atoms with van der Waals surface area (Å²) >= 11 is 0. The third kappa shape index (κ3) is 1.89. The fraction of sp³-hybridized carbons (Fsp3) is 0.222. The van der Waals surface area contributed by atoms with Gasteiger partial charge in [0.25, 0.3) is 0 Å². The van der Waals surface area contributed by atoms with Crippen LogP contribution in [0, 0.1) is 12.3 Å². The van der Waals surface area contributed by atoms with Gasteiger partial charge in [-0.1, -0.05) is 12.0 Å². The molecule has 0 saturated heterocycles. The summed E-state index contributed by atoms with van der Waals surface area (Å²) in [6.45, 7) is 0.466. The Labute approximate surface area is 71.5 Å². The van der Waals surface area contributed by atoms with E-state index in [1.165, 1.54) is 0 Å². The highest BCUT2D eigenvalue weighted by atomic mass is 16.1. The van der Waals surface area contributed by atoms with E-state index < -0.39 is 0 Å². The van der Waals surface area contributed by atoms with Gasteiger partial charge in [0.15, 0.2) is 0 Å². The lowest BCUT2D eigenvalue weighted by Crippen LogP contribution is -2.20. The third-order valence-electron chi connectivity index (χ3n) is 1.55. The topological polar surface area (TPSA) is 46.3 Å². The Hall–Kier alpha value is -1.69. The standard InChI is InChI=1S/C9H10N2O/c1-2-5-11-6-3-4-8(7-11)9(10)12/h1,3,6-7H,4-5H2,(H2,10,12). The first-order valence-electron chi connectivity index (χ1n) is 3.60. The first-order valence-corrected chi connectivity index (χ1v) is 3.60. The van der Waals surface area contributed by atoms with E-state index in [9.17, 15) is 4.79 Å². The summed E-state index contributed by atoms with van der Waals surface area (Å²) in [4.78, 5) is 12.5. The third-order valence-corrected chi connectivity index (χ3v) is 1.55. The van der Waals surface area contributed by atoms with Crippen molar-refractivity contribution in [2.24, 2.45) is 5.73 Å². The number of nitrogens with zero attached hydrogens (tertiary/aromatic N) is 1. The number of carbonyl (C=O) groups excluding carboxylic acids is 1. The average molecular weight is 162 g/mol. The number of primary amides is 1. The van der Waals surface area contributed by atoms with E-state index in [1.807, 2.05) is 12.3 Å². The van der Waals surface area contributed by atoms with Gasteiger partial charge in [0.2, 0.25) is 5.91 Å². The van der Waals surface area contributed by atoms with E-state index in [0.29, 0.717) is 18.5 Å². The molecule has 62 valence electrons. The molecule has 0 spiro atoms. The molecule has 3 heteroatoms. The molecule has 0 radical (unpaired) electrons. The fourth-order valence-electron chi connectivity index (χ4n) is 0.979. The smallest absolute Gasteiger partial charge is 0.246 e. The molecule has 0 saturated carbocycles. The number of hydrogen-bond acceptors (Lipinski definition) is 2. The SMILES string of the molecule is C#CCN1C=CCC(C(N)=O)=C1. The summed E-state index contributed by atoms with van der Waals surface area (Å²) in [7, 11) is 0. The van der Waals surface area contributed by atoms with Crippen LogP contribution in [-0.2, 0) is 4.79 Å². The Bertz CT molecular complexity index is 283. The van der Waals surface area contributed by atoms with Gasteiger partial charge < -0.3 is 10.6 Å². The molecule has 0 fully saturated rings. The highest BCUT2D eigenvalue weighted by Crippen LogP contribution is 2.10. The molecule has 0 aromatic carbocycles. The predicted octanol–water partition coefficient (Wildman–Crippen LogP) is 0.208. The molecule has 3 nitrogen and oxygen atoms in total. The normalized spacial score (nSPS) is 15.2. The minimum atomic E-state index is -0.388. The van der Waals surface area contributed by atoms with Crippen molar-refractivity contribution in [2.75, 3.05) is 6.54 Å². The minimum Gasteiger partial charge on any atom is -0.366 e. The lowest BCUT2D eigenvalue weighted by Gasteiger charge is -2.17. The molecule has 0 aromatic heterocycles. The van der Waals surface area contributed by atoms with Gasteiger partial charge in [-0.05, 0) is 6.42 Å². The molecule has 1 amide bonds. The van der Waals surface area contributed by atoms with Crippen LogP contribution in [0.3, 0.4) is 0 Å². The van der Waals surface area contributed by atoms with Crippen LogP contribution >= 0.6 is 0 Å². The van der Waals surface area contributed by atoms with Gasteiger partial charge in [-0.2, -0.15) is 0 Å². The van der Waals surface area contributed by atoms with Crippen molar-refractivity contribution < 1.29 is 4.79 Å². The van der Waals surface area contributed by atoms with E-state index >= 15 is 0 Å². The van der Waals surface area contributed by atoms with Crippen molar-refractivity contribution in [3.8, 4) is 12.3 Å². The number of terminal acetylenes is 1. The van der Waals surface area contributed by atoms with Gasteiger partial charge in [0, 0.05) is 18.0 Å². The molecule has 1 aliphatic heterocycles. The number of amides is 1. The zero-order chi connectivity index (χ0) is 8.97. The van der Waals surface area contributed by atoms with Gasteiger partial charge in [-0.25, -0.2) is 0 Å². The number of rotatable bonds is 2. The number of carbonyl (C=O) groups is 1. The monoisotopic (exact) mass is 162 g/mol. The van der Waals surface area contributed by atoms with E-state index in [0.717, 1.165) is 0 Å². The van der Waals surface area contributed by atoms with Gasteiger partial charge in [-0.15, -0.1) is 6.42 Å². The maximum atomic E-state index is 10.7. The molecule has 1 heterocycles. The van der Waals surface area contributed by atoms with Crippen molar-refractivity contribution >= 4 is 5.91 Å². The van der Waals surface area contributed by atoms with Crippen LogP contribution in [0.1, 0.15) is 6.42 Å². The van der Waals surface area contributed by atoms with Gasteiger partial charge in [-0.3, -0.25) is 4.79 Å². The van der Waals surface area contributed by atoms with Crippen molar-refractivity contribution in [1.29, 1.82) is 0 Å². The lowest BCUT2D eigenvalue weighted by atomic mass is 10.1. The molecule has 0 aromatic rings. The lowest BCUT2D eigenvalue weighted by molar-refractivity contribution is -0.114. The Morgan fingerprint density at radius 2 is 2.58 bits per heavy atom. The molecule has 0 atom stereocenters. The maximum absolute atomic E-state index is 10.7. The molecule has 2 N–H and O–H groups in total. The molecule has 12 heavy (non-hydrogen) atoms. The first-order chi connectivity index (χ1) is 5.74. The number of allylic oxidation sites excluding steroid dienone is 1. The van der Waals surface area contributed by atoms with Crippen LogP contribution in [0.25, 0.3) is 0 Å². The van der Waals surface area contributed by atoms with Crippen molar-refractivity contribution in [2.45, 2.75) is 6.42 Å². The molecular formula is C9H10N2O. The molecule has 1 aliphatic rings. The predicted molar refractivity (Wildman–Crippen MR) is 46.6 cm³/mol. The van der Waals surface area contributed by atoms with Crippen molar-refractivity contribution in [3.05, 3.63) is 24.0 Å². The Balaban J connectivity index is 2.69. The largest absolute Gasteiger partial charge is 0.366 e. The van der Waals surface area contributed by atoms with Crippen LogP contribution < -0.4 is 5.73 Å². The Morgan fingerprint density at radius 3 is 3.17 bits per heavy atom. The van der Waals surface area contributed by atoms with Gasteiger partial charge in [0.1, 0.15) is 0 Å². The van der Waals surface area contributed by atoms with Gasteiger partial charge in [0.05, 0.1) is 6.54 Å². The second-order valence-electron chi connectivity index (χ2n) is 2.48. The summed E-state index contributed by atoms with van der Waals surface area (Å²) in [6, 6.07) is 0. The first kappa shape index (κ1) is 8.41. The summed E-state index contributed by atoms with van der Waals surface area (Å²) in [5.74, 6) is 2.09. The number of hydrogen-bond donors (Lipinski definition) is 1. The van der Waals surface area contributed by atoms with Crippen LogP contribution in [0.15, 0.2) is 24.0 Å². The van der Waals surface area contributed by atoms with Crippen LogP contribution in [0.4, 0.5) is 0 Å². The second kappa shape index (κ2) is 3.63. The van der Waals surface area contributed by atoms with E-state index in [-0.39, 0.29) is 5.91 Å². The molecular weight excluding hydrogens is 152 g/mol. The minimum absolute atomic E-state index is 0.388. The second-order valence-corrected chi connectivity index (χ2v) is 2.48. The summed E-state index contributed by atoms with van der Waals surface area (Å²) in [6.07, 6.45) is 11.1. The maximum Gasteiger partial charge on any atom is 0.246 e. The highest BCUT2D eigenvalue weighted by Gasteiger charge is 2.08. The molecule has 0 bridgehead atoms. The quantitative estimate of drug-likeness (QED) is 0.590. The zero-order valence-corrected chi connectivity index (χ0v) is 6.66. The molecule has 0 unspecified atom stereocenters. The number of nitrogens with two attached hydrogens (primary N) is 1. The van der Waals surface area contributed by atoms with E-state index in [1.54, 1.807) is 11.1 Å². The van der Waals surface area contributed by atoms with Gasteiger partial charge >= 0.3 is 0 Å². The van der Waals surface area contributed by atoms with Crippen LogP contribution in [0.2, 0.25) is 0 Å². The fourth-order valence-corrected chi connectivity index (χ4v) is 0.979. The summed E-state index contributed by atoms with van der Waals surface area (Å²) in [5.41, 5.74) is 5.70. The summed E-state index contributed by atoms with van der Waals surface area (Å²) in [5, 5.41) is 0. The highest BCUT2D eigenvalue weighted by molar-refractivity contribution is 5.92. The Morgan fingerprint density at radius 1 is 1.83 bits per heavy atom.